The van der Waals surface area contributed by atoms with E-state index in [9.17, 15) is 0 Å². The molecule has 1 N–H and O–H groups in total. The first-order valence-electron chi connectivity index (χ1n) is 6.79. The van der Waals surface area contributed by atoms with E-state index < -0.39 is 0 Å². The van der Waals surface area contributed by atoms with Gasteiger partial charge in [-0.05, 0) is 61.9 Å². The molecule has 2 aliphatic carbocycles. The molecule has 1 fully saturated rings. The summed E-state index contributed by atoms with van der Waals surface area (Å²) in [6.45, 7) is 0.911. The number of fused-ring (bicyclic) bond motifs is 1. The first-order chi connectivity index (χ1) is 8.36. The van der Waals surface area contributed by atoms with Gasteiger partial charge in [-0.15, -0.1) is 0 Å². The average molecular weight is 231 g/mol. The van der Waals surface area contributed by atoms with Gasteiger partial charge >= 0.3 is 0 Å². The highest BCUT2D eigenvalue weighted by atomic mass is 16.5. The Hall–Kier alpha value is -1.02. The van der Waals surface area contributed by atoms with Crippen LogP contribution < -0.4 is 10.1 Å². The van der Waals surface area contributed by atoms with Crippen molar-refractivity contribution in [3.8, 4) is 5.75 Å². The number of rotatable bonds is 4. The second-order valence-corrected chi connectivity index (χ2v) is 5.35. The second-order valence-electron chi connectivity index (χ2n) is 5.35. The minimum atomic E-state index is 0.547. The maximum Gasteiger partial charge on any atom is 0.119 e. The van der Waals surface area contributed by atoms with E-state index in [0.29, 0.717) is 6.04 Å². The number of benzene rings is 1. The monoisotopic (exact) mass is 231 g/mol. The Morgan fingerprint density at radius 1 is 1.29 bits per heavy atom. The molecule has 2 heteroatoms. The molecule has 1 saturated carbocycles. The SMILES string of the molecule is CNC1CCc2cc(OCC3CCC3)ccc21. The summed E-state index contributed by atoms with van der Waals surface area (Å²) in [6, 6.07) is 7.16. The molecule has 0 aromatic heterocycles. The fraction of sp³-hybridized carbons (Fsp3) is 0.600. The van der Waals surface area contributed by atoms with E-state index in [2.05, 4.69) is 23.5 Å². The lowest BCUT2D eigenvalue weighted by atomic mass is 9.86. The van der Waals surface area contributed by atoms with Crippen molar-refractivity contribution in [1.29, 1.82) is 0 Å². The first kappa shape index (κ1) is 11.1. The maximum absolute atomic E-state index is 5.88. The van der Waals surface area contributed by atoms with Gasteiger partial charge in [-0.25, -0.2) is 0 Å². The van der Waals surface area contributed by atoms with Gasteiger partial charge < -0.3 is 10.1 Å². The lowest BCUT2D eigenvalue weighted by Gasteiger charge is -2.25. The van der Waals surface area contributed by atoms with Crippen molar-refractivity contribution < 1.29 is 4.74 Å². The summed E-state index contributed by atoms with van der Waals surface area (Å²) in [4.78, 5) is 0. The van der Waals surface area contributed by atoms with Crippen molar-refractivity contribution in [3.05, 3.63) is 29.3 Å². The summed E-state index contributed by atoms with van der Waals surface area (Å²) in [5.74, 6) is 1.88. The van der Waals surface area contributed by atoms with Crippen molar-refractivity contribution >= 4 is 0 Å². The third-order valence-electron chi connectivity index (χ3n) is 4.25. The molecule has 1 aromatic rings. The van der Waals surface area contributed by atoms with Crippen molar-refractivity contribution in [2.24, 2.45) is 5.92 Å². The third-order valence-corrected chi connectivity index (χ3v) is 4.25. The molecule has 1 aromatic carbocycles. The van der Waals surface area contributed by atoms with Gasteiger partial charge in [-0.1, -0.05) is 12.5 Å². The minimum absolute atomic E-state index is 0.547. The van der Waals surface area contributed by atoms with Gasteiger partial charge in [-0.3, -0.25) is 0 Å². The fourth-order valence-corrected chi connectivity index (χ4v) is 2.86. The van der Waals surface area contributed by atoms with Crippen LogP contribution >= 0.6 is 0 Å². The van der Waals surface area contributed by atoms with Crippen LogP contribution in [0.15, 0.2) is 18.2 Å². The minimum Gasteiger partial charge on any atom is -0.493 e. The van der Waals surface area contributed by atoms with Crippen molar-refractivity contribution in [2.75, 3.05) is 13.7 Å². The van der Waals surface area contributed by atoms with Gasteiger partial charge in [0.2, 0.25) is 0 Å². The Balaban J connectivity index is 1.66. The number of hydrogen-bond acceptors (Lipinski definition) is 2. The summed E-state index contributed by atoms with van der Waals surface area (Å²) in [5, 5.41) is 3.37. The molecule has 0 bridgehead atoms. The standard InChI is InChI=1S/C15H21NO/c1-16-15-8-5-12-9-13(6-7-14(12)15)17-10-11-3-2-4-11/h6-7,9,11,15-16H,2-5,8,10H2,1H3. The van der Waals surface area contributed by atoms with Gasteiger partial charge in [0.05, 0.1) is 6.61 Å². The summed E-state index contributed by atoms with van der Waals surface area (Å²) in [6.07, 6.45) is 6.50. The predicted molar refractivity (Wildman–Crippen MR) is 69.4 cm³/mol. The summed E-state index contributed by atoms with van der Waals surface area (Å²) in [7, 11) is 2.04. The average Bonchev–Trinajstić information content (AvgIpc) is 2.69. The lowest BCUT2D eigenvalue weighted by molar-refractivity contribution is 0.180. The van der Waals surface area contributed by atoms with Crippen LogP contribution in [0.2, 0.25) is 0 Å². The highest BCUT2D eigenvalue weighted by molar-refractivity contribution is 5.40. The zero-order chi connectivity index (χ0) is 11.7. The Kier molecular flexibility index (Phi) is 3.06. The zero-order valence-corrected chi connectivity index (χ0v) is 10.5. The van der Waals surface area contributed by atoms with Crippen LogP contribution in [0.1, 0.15) is 42.9 Å². The van der Waals surface area contributed by atoms with Crippen molar-refractivity contribution in [1.82, 2.24) is 5.32 Å². The largest absolute Gasteiger partial charge is 0.493 e. The number of aryl methyl sites for hydroxylation is 1. The van der Waals surface area contributed by atoms with Crippen LogP contribution in [0.4, 0.5) is 0 Å². The fourth-order valence-electron chi connectivity index (χ4n) is 2.86. The van der Waals surface area contributed by atoms with E-state index in [1.165, 1.54) is 43.2 Å². The molecule has 3 rings (SSSR count). The topological polar surface area (TPSA) is 21.3 Å². The molecule has 0 radical (unpaired) electrons. The molecule has 0 aliphatic heterocycles. The lowest BCUT2D eigenvalue weighted by Crippen LogP contribution is -2.19. The smallest absolute Gasteiger partial charge is 0.119 e. The van der Waals surface area contributed by atoms with E-state index >= 15 is 0 Å². The Labute approximate surface area is 103 Å². The van der Waals surface area contributed by atoms with Crippen LogP contribution in [0.5, 0.6) is 5.75 Å². The summed E-state index contributed by atoms with van der Waals surface area (Å²) < 4.78 is 5.88. The highest BCUT2D eigenvalue weighted by Crippen LogP contribution is 2.34. The highest BCUT2D eigenvalue weighted by Gasteiger charge is 2.22. The molecule has 0 spiro atoms. The zero-order valence-electron chi connectivity index (χ0n) is 10.5. The molecular formula is C15H21NO. The van der Waals surface area contributed by atoms with Crippen LogP contribution in [0, 0.1) is 5.92 Å². The molecule has 0 heterocycles. The third kappa shape index (κ3) is 2.19. The van der Waals surface area contributed by atoms with E-state index in [1.807, 2.05) is 7.05 Å². The number of nitrogens with one attached hydrogen (secondary N) is 1. The Bertz CT molecular complexity index is 398. The molecule has 1 atom stereocenters. The normalized spacial score (nSPS) is 23.2. The Morgan fingerprint density at radius 3 is 2.88 bits per heavy atom. The van der Waals surface area contributed by atoms with E-state index in [-0.39, 0.29) is 0 Å². The first-order valence-corrected chi connectivity index (χ1v) is 6.79. The van der Waals surface area contributed by atoms with Gasteiger partial charge in [0, 0.05) is 6.04 Å². The van der Waals surface area contributed by atoms with Gasteiger partial charge in [-0.2, -0.15) is 0 Å². The summed E-state index contributed by atoms with van der Waals surface area (Å²) in [5.41, 5.74) is 2.93. The van der Waals surface area contributed by atoms with Gasteiger partial charge in [0.25, 0.3) is 0 Å². The van der Waals surface area contributed by atoms with E-state index in [1.54, 1.807) is 0 Å². The van der Waals surface area contributed by atoms with E-state index in [4.69, 9.17) is 4.74 Å². The predicted octanol–water partition coefficient (Wildman–Crippen LogP) is 3.07. The van der Waals surface area contributed by atoms with Gasteiger partial charge in [0.15, 0.2) is 0 Å². The number of hydrogen-bond donors (Lipinski definition) is 1. The second kappa shape index (κ2) is 4.69. The molecule has 0 amide bonds. The van der Waals surface area contributed by atoms with Gasteiger partial charge in [0.1, 0.15) is 5.75 Å². The van der Waals surface area contributed by atoms with Crippen LogP contribution in [-0.4, -0.2) is 13.7 Å². The molecule has 1 unspecified atom stereocenters. The van der Waals surface area contributed by atoms with Crippen LogP contribution in [0.3, 0.4) is 0 Å². The molecule has 2 nitrogen and oxygen atoms in total. The molecular weight excluding hydrogens is 210 g/mol. The maximum atomic E-state index is 5.88. The van der Waals surface area contributed by atoms with Crippen LogP contribution in [-0.2, 0) is 6.42 Å². The van der Waals surface area contributed by atoms with E-state index in [0.717, 1.165) is 18.3 Å². The van der Waals surface area contributed by atoms with Crippen molar-refractivity contribution in [2.45, 2.75) is 38.1 Å². The summed E-state index contributed by atoms with van der Waals surface area (Å²) >= 11 is 0. The van der Waals surface area contributed by atoms with Crippen molar-refractivity contribution in [3.63, 3.8) is 0 Å². The quantitative estimate of drug-likeness (QED) is 0.860. The molecule has 2 aliphatic rings. The number of ether oxygens (including phenoxy) is 1. The molecule has 0 saturated heterocycles. The molecule has 17 heavy (non-hydrogen) atoms. The Morgan fingerprint density at radius 2 is 2.18 bits per heavy atom. The molecule has 92 valence electrons. The van der Waals surface area contributed by atoms with Crippen LogP contribution in [0.25, 0.3) is 0 Å².